The topological polar surface area (TPSA) is 50.4 Å². The third-order valence-electron chi connectivity index (χ3n) is 2.57. The SMILES string of the molecule is Cc1cc(C)cc(NCCCNC(=O)OC(C)(C)C)c1. The molecule has 0 bridgehead atoms. The molecule has 0 aliphatic carbocycles. The predicted octanol–water partition coefficient (Wildman–Crippen LogP) is 3.63. The summed E-state index contributed by atoms with van der Waals surface area (Å²) in [6.07, 6.45) is 0.496. The van der Waals surface area contributed by atoms with Crippen LogP contribution in [-0.2, 0) is 4.74 Å². The van der Waals surface area contributed by atoms with E-state index in [0.29, 0.717) is 6.54 Å². The minimum absolute atomic E-state index is 0.358. The Kier molecular flexibility index (Phi) is 5.86. The lowest BCUT2D eigenvalue weighted by molar-refractivity contribution is 0.0528. The van der Waals surface area contributed by atoms with Crippen LogP contribution >= 0.6 is 0 Å². The van der Waals surface area contributed by atoms with E-state index in [9.17, 15) is 4.79 Å². The second kappa shape index (κ2) is 7.17. The van der Waals surface area contributed by atoms with E-state index in [2.05, 4.69) is 42.7 Å². The fraction of sp³-hybridized carbons (Fsp3) is 0.562. The maximum atomic E-state index is 11.4. The smallest absolute Gasteiger partial charge is 0.407 e. The van der Waals surface area contributed by atoms with Crippen molar-refractivity contribution in [3.8, 4) is 0 Å². The number of amides is 1. The molecule has 4 nitrogen and oxygen atoms in total. The molecule has 4 heteroatoms. The van der Waals surface area contributed by atoms with Gasteiger partial charge in [-0.15, -0.1) is 0 Å². The molecule has 0 spiro atoms. The molecule has 0 saturated heterocycles. The minimum Gasteiger partial charge on any atom is -0.444 e. The van der Waals surface area contributed by atoms with Crippen molar-refractivity contribution in [2.45, 2.75) is 46.6 Å². The fourth-order valence-corrected chi connectivity index (χ4v) is 1.90. The quantitative estimate of drug-likeness (QED) is 0.809. The van der Waals surface area contributed by atoms with Gasteiger partial charge >= 0.3 is 6.09 Å². The van der Waals surface area contributed by atoms with Crippen LogP contribution in [-0.4, -0.2) is 24.8 Å². The number of benzene rings is 1. The van der Waals surface area contributed by atoms with Crippen molar-refractivity contribution in [2.75, 3.05) is 18.4 Å². The van der Waals surface area contributed by atoms with Gasteiger partial charge in [-0.25, -0.2) is 4.79 Å². The van der Waals surface area contributed by atoms with Gasteiger partial charge < -0.3 is 15.4 Å². The lowest BCUT2D eigenvalue weighted by atomic mass is 10.1. The molecule has 2 N–H and O–H groups in total. The van der Waals surface area contributed by atoms with Crippen molar-refractivity contribution in [3.05, 3.63) is 29.3 Å². The Bertz CT molecular complexity index is 430. The first-order valence-electron chi connectivity index (χ1n) is 7.05. The van der Waals surface area contributed by atoms with Gasteiger partial charge in [-0.3, -0.25) is 0 Å². The van der Waals surface area contributed by atoms with Gasteiger partial charge in [0, 0.05) is 18.8 Å². The third-order valence-corrected chi connectivity index (χ3v) is 2.57. The van der Waals surface area contributed by atoms with Crippen molar-refractivity contribution in [3.63, 3.8) is 0 Å². The number of aryl methyl sites for hydroxylation is 2. The van der Waals surface area contributed by atoms with Crippen LogP contribution in [0.15, 0.2) is 18.2 Å². The summed E-state index contributed by atoms with van der Waals surface area (Å²) in [5, 5.41) is 6.10. The van der Waals surface area contributed by atoms with Crippen molar-refractivity contribution < 1.29 is 9.53 Å². The average molecular weight is 278 g/mol. The number of rotatable bonds is 5. The first-order valence-corrected chi connectivity index (χ1v) is 7.05. The Labute approximate surface area is 121 Å². The van der Waals surface area contributed by atoms with Gasteiger partial charge in [-0.1, -0.05) is 6.07 Å². The van der Waals surface area contributed by atoms with Crippen LogP contribution in [0.3, 0.4) is 0 Å². The molecule has 0 aliphatic heterocycles. The van der Waals surface area contributed by atoms with E-state index < -0.39 is 5.60 Å². The zero-order chi connectivity index (χ0) is 15.2. The average Bonchev–Trinajstić information content (AvgIpc) is 2.24. The molecule has 0 heterocycles. The number of hydrogen-bond acceptors (Lipinski definition) is 3. The van der Waals surface area contributed by atoms with Gasteiger partial charge in [-0.2, -0.15) is 0 Å². The molecule has 0 radical (unpaired) electrons. The van der Waals surface area contributed by atoms with Crippen LogP contribution in [0.2, 0.25) is 0 Å². The molecular formula is C16H26N2O2. The molecule has 0 saturated carbocycles. The molecule has 0 aromatic heterocycles. The van der Waals surface area contributed by atoms with Crippen LogP contribution in [0.1, 0.15) is 38.3 Å². The molecule has 0 atom stereocenters. The molecule has 1 amide bonds. The van der Waals surface area contributed by atoms with Crippen molar-refractivity contribution in [1.29, 1.82) is 0 Å². The van der Waals surface area contributed by atoms with E-state index in [1.54, 1.807) is 0 Å². The molecule has 0 aliphatic rings. The van der Waals surface area contributed by atoms with Gasteiger partial charge in [0.1, 0.15) is 5.60 Å². The van der Waals surface area contributed by atoms with Crippen LogP contribution in [0.4, 0.5) is 10.5 Å². The summed E-state index contributed by atoms with van der Waals surface area (Å²) in [6.45, 7) is 11.2. The van der Waals surface area contributed by atoms with Crippen LogP contribution in [0.25, 0.3) is 0 Å². The Morgan fingerprint density at radius 3 is 2.25 bits per heavy atom. The molecule has 0 fully saturated rings. The Hall–Kier alpha value is -1.71. The van der Waals surface area contributed by atoms with Gasteiger partial charge in [0.25, 0.3) is 0 Å². The summed E-state index contributed by atoms with van der Waals surface area (Å²) >= 11 is 0. The fourth-order valence-electron chi connectivity index (χ4n) is 1.90. The van der Waals surface area contributed by atoms with E-state index in [1.807, 2.05) is 20.8 Å². The van der Waals surface area contributed by atoms with E-state index in [4.69, 9.17) is 4.74 Å². The number of carbonyl (C=O) groups excluding carboxylic acids is 1. The minimum atomic E-state index is -0.443. The number of nitrogens with one attached hydrogen (secondary N) is 2. The van der Waals surface area contributed by atoms with Crippen molar-refractivity contribution >= 4 is 11.8 Å². The van der Waals surface area contributed by atoms with E-state index in [-0.39, 0.29) is 6.09 Å². The molecule has 112 valence electrons. The van der Waals surface area contributed by atoms with Gasteiger partial charge in [0.15, 0.2) is 0 Å². The van der Waals surface area contributed by atoms with Crippen molar-refractivity contribution in [1.82, 2.24) is 5.32 Å². The Balaban J connectivity index is 2.20. The highest BCUT2D eigenvalue weighted by atomic mass is 16.6. The zero-order valence-corrected chi connectivity index (χ0v) is 13.2. The lowest BCUT2D eigenvalue weighted by Crippen LogP contribution is -2.33. The number of ether oxygens (including phenoxy) is 1. The molecule has 1 rings (SSSR count). The monoisotopic (exact) mass is 278 g/mol. The van der Waals surface area contributed by atoms with E-state index in [0.717, 1.165) is 18.7 Å². The number of hydrogen-bond donors (Lipinski definition) is 2. The predicted molar refractivity (Wildman–Crippen MR) is 83.3 cm³/mol. The number of carbonyl (C=O) groups is 1. The van der Waals surface area contributed by atoms with Crippen molar-refractivity contribution in [2.24, 2.45) is 0 Å². The maximum Gasteiger partial charge on any atom is 0.407 e. The maximum absolute atomic E-state index is 11.4. The molecular weight excluding hydrogens is 252 g/mol. The first-order chi connectivity index (χ1) is 9.26. The molecule has 0 unspecified atom stereocenters. The number of anilines is 1. The van der Waals surface area contributed by atoms with E-state index >= 15 is 0 Å². The summed E-state index contributed by atoms with van der Waals surface area (Å²) in [6, 6.07) is 6.39. The highest BCUT2D eigenvalue weighted by Crippen LogP contribution is 2.13. The standard InChI is InChI=1S/C16H26N2O2/c1-12-9-13(2)11-14(10-12)17-7-6-8-18-15(19)20-16(3,4)5/h9-11,17H,6-8H2,1-5H3,(H,18,19). The summed E-state index contributed by atoms with van der Waals surface area (Å²) in [5.41, 5.74) is 3.18. The van der Waals surface area contributed by atoms with Crippen LogP contribution < -0.4 is 10.6 Å². The summed E-state index contributed by atoms with van der Waals surface area (Å²) < 4.78 is 5.16. The number of alkyl carbamates (subject to hydrolysis) is 1. The first kappa shape index (κ1) is 16.3. The van der Waals surface area contributed by atoms with Gasteiger partial charge in [0.2, 0.25) is 0 Å². The highest BCUT2D eigenvalue weighted by Gasteiger charge is 2.15. The summed E-state index contributed by atoms with van der Waals surface area (Å²) in [7, 11) is 0. The van der Waals surface area contributed by atoms with Gasteiger partial charge in [-0.05, 0) is 64.3 Å². The van der Waals surface area contributed by atoms with Crippen LogP contribution in [0.5, 0.6) is 0 Å². The summed E-state index contributed by atoms with van der Waals surface area (Å²) in [4.78, 5) is 11.4. The second-order valence-electron chi connectivity index (χ2n) is 6.09. The van der Waals surface area contributed by atoms with Gasteiger partial charge in [0.05, 0.1) is 0 Å². The normalized spacial score (nSPS) is 11.1. The molecule has 20 heavy (non-hydrogen) atoms. The largest absolute Gasteiger partial charge is 0.444 e. The lowest BCUT2D eigenvalue weighted by Gasteiger charge is -2.19. The second-order valence-corrected chi connectivity index (χ2v) is 6.09. The summed E-state index contributed by atoms with van der Waals surface area (Å²) in [5.74, 6) is 0. The van der Waals surface area contributed by atoms with Crippen LogP contribution in [0, 0.1) is 13.8 Å². The molecule has 1 aromatic rings. The third kappa shape index (κ3) is 7.02. The zero-order valence-electron chi connectivity index (χ0n) is 13.2. The highest BCUT2D eigenvalue weighted by molar-refractivity contribution is 5.67. The Morgan fingerprint density at radius 2 is 1.70 bits per heavy atom. The molecule has 1 aromatic carbocycles. The Morgan fingerprint density at radius 1 is 1.10 bits per heavy atom. The van der Waals surface area contributed by atoms with E-state index in [1.165, 1.54) is 11.1 Å².